The van der Waals surface area contributed by atoms with E-state index in [1.807, 2.05) is 0 Å². The molecule has 1 atom stereocenters. The molecule has 0 fully saturated rings. The summed E-state index contributed by atoms with van der Waals surface area (Å²) < 4.78 is 16.9. The van der Waals surface area contributed by atoms with Crippen molar-refractivity contribution >= 4 is 17.9 Å². The molecule has 1 unspecified atom stereocenters. The highest BCUT2D eigenvalue weighted by Gasteiger charge is 2.19. The lowest BCUT2D eigenvalue weighted by Gasteiger charge is -2.18. The molecular weight excluding hydrogens is 997 g/mol. The number of unbranched alkanes of at least 4 members (excludes halogenated alkanes) is 33. The molecule has 0 amide bonds. The minimum atomic E-state index is -0.783. The summed E-state index contributed by atoms with van der Waals surface area (Å²) in [4.78, 5) is 38.2. The summed E-state index contributed by atoms with van der Waals surface area (Å²) in [5.41, 5.74) is 0. The first-order valence-electron chi connectivity index (χ1n) is 34.4. The summed E-state index contributed by atoms with van der Waals surface area (Å²) in [5, 5.41) is 0. The third-order valence-corrected chi connectivity index (χ3v) is 14.8. The standard InChI is InChI=1S/C75H128O6/c1-4-7-10-13-16-18-20-22-24-26-28-30-32-34-35-36-37-38-39-41-42-44-46-48-50-52-54-56-59-62-65-68-74(77)80-71-72(70-79-73(76)67-64-61-58-15-12-9-6-3)81-75(78)69-66-63-60-57-55-53-51-49-47-45-43-40-33-31-29-27-25-23-21-19-17-14-11-8-5-2/h7,10,16,18,22,24,27-30,34-35,37-38,41-42,46,48,72H,4-6,8-9,11-15,17,19-21,23,25-26,31-33,36,39-40,43-45,47,49-71H2,1-3H3/b10-7-,18-16-,24-22-,29-27-,30-28-,35-34-,38-37-,42-41-,48-46-. The number of carbonyl (C=O) groups is 3. The van der Waals surface area contributed by atoms with Gasteiger partial charge in [-0.2, -0.15) is 0 Å². The molecule has 81 heavy (non-hydrogen) atoms. The predicted octanol–water partition coefficient (Wildman–Crippen LogP) is 23.8. The molecule has 0 aromatic carbocycles. The number of hydrogen-bond donors (Lipinski definition) is 0. The Hall–Kier alpha value is -3.93. The zero-order valence-electron chi connectivity index (χ0n) is 53.3. The Balaban J connectivity index is 4.15. The molecule has 6 nitrogen and oxygen atoms in total. The van der Waals surface area contributed by atoms with Crippen LogP contribution in [0.5, 0.6) is 0 Å². The fraction of sp³-hybridized carbons (Fsp3) is 0.720. The molecule has 0 N–H and O–H groups in total. The lowest BCUT2D eigenvalue weighted by Crippen LogP contribution is -2.30. The van der Waals surface area contributed by atoms with E-state index in [4.69, 9.17) is 14.2 Å². The number of esters is 3. The first kappa shape index (κ1) is 77.1. The second kappa shape index (κ2) is 68.6. The topological polar surface area (TPSA) is 78.9 Å². The Labute approximate surface area is 501 Å². The number of carbonyl (C=O) groups excluding carboxylic acids is 3. The van der Waals surface area contributed by atoms with Crippen LogP contribution in [0, 0.1) is 0 Å². The van der Waals surface area contributed by atoms with Gasteiger partial charge in [-0.3, -0.25) is 14.4 Å². The summed E-state index contributed by atoms with van der Waals surface area (Å²) in [6.07, 6.45) is 94.2. The molecule has 464 valence electrons. The van der Waals surface area contributed by atoms with Crippen LogP contribution in [0.1, 0.15) is 329 Å². The Kier molecular flexibility index (Phi) is 65.2. The van der Waals surface area contributed by atoms with Crippen molar-refractivity contribution in [2.75, 3.05) is 13.2 Å². The molecule has 0 aliphatic heterocycles. The normalized spacial score (nSPS) is 12.8. The monoisotopic (exact) mass is 1120 g/mol. The van der Waals surface area contributed by atoms with Crippen LogP contribution in [0.4, 0.5) is 0 Å². The number of allylic oxidation sites excluding steroid dienone is 18. The highest BCUT2D eigenvalue weighted by atomic mass is 16.6. The maximum Gasteiger partial charge on any atom is 0.306 e. The van der Waals surface area contributed by atoms with E-state index in [1.165, 1.54) is 167 Å². The van der Waals surface area contributed by atoms with E-state index in [-0.39, 0.29) is 31.1 Å². The minimum Gasteiger partial charge on any atom is -0.462 e. The Morgan fingerprint density at radius 3 is 0.765 bits per heavy atom. The summed E-state index contributed by atoms with van der Waals surface area (Å²) in [6, 6.07) is 0. The lowest BCUT2D eigenvalue weighted by molar-refractivity contribution is -0.167. The van der Waals surface area contributed by atoms with E-state index in [2.05, 4.69) is 130 Å². The van der Waals surface area contributed by atoms with Gasteiger partial charge in [-0.05, 0) is 109 Å². The first-order valence-corrected chi connectivity index (χ1v) is 34.4. The van der Waals surface area contributed by atoms with Crippen molar-refractivity contribution in [2.24, 2.45) is 0 Å². The van der Waals surface area contributed by atoms with Gasteiger partial charge >= 0.3 is 17.9 Å². The summed E-state index contributed by atoms with van der Waals surface area (Å²) >= 11 is 0. The molecule has 0 aromatic heterocycles. The van der Waals surface area contributed by atoms with Gasteiger partial charge in [0.05, 0.1) is 0 Å². The quantitative estimate of drug-likeness (QED) is 0.0261. The highest BCUT2D eigenvalue weighted by Crippen LogP contribution is 2.17. The van der Waals surface area contributed by atoms with Gasteiger partial charge < -0.3 is 14.2 Å². The molecule has 0 bridgehead atoms. The SMILES string of the molecule is CC/C=C\C/C=C\C/C=C\C/C=C\C/C=C\C/C=C\C/C=C\C/C=C\CCCCCCCCC(=O)OCC(COC(=O)CCCCCCCCC)OC(=O)CCCCCCCCCCCCCCC/C=C\CCCCCCCCCC. The van der Waals surface area contributed by atoms with Gasteiger partial charge in [0.2, 0.25) is 0 Å². The van der Waals surface area contributed by atoms with Crippen LogP contribution in [0.2, 0.25) is 0 Å². The second-order valence-corrected chi connectivity index (χ2v) is 22.7. The molecule has 0 aromatic rings. The Bertz CT molecular complexity index is 1620. The van der Waals surface area contributed by atoms with E-state index < -0.39 is 6.10 Å². The van der Waals surface area contributed by atoms with Crippen LogP contribution in [0.15, 0.2) is 109 Å². The van der Waals surface area contributed by atoms with E-state index >= 15 is 0 Å². The van der Waals surface area contributed by atoms with Crippen LogP contribution in [0.3, 0.4) is 0 Å². The maximum absolute atomic E-state index is 12.9. The molecule has 0 rings (SSSR count). The van der Waals surface area contributed by atoms with Crippen molar-refractivity contribution < 1.29 is 28.6 Å². The molecule has 0 radical (unpaired) electrons. The van der Waals surface area contributed by atoms with Gasteiger partial charge in [0.25, 0.3) is 0 Å². The maximum atomic E-state index is 12.9. The van der Waals surface area contributed by atoms with Crippen LogP contribution in [-0.4, -0.2) is 37.2 Å². The van der Waals surface area contributed by atoms with Crippen molar-refractivity contribution in [2.45, 2.75) is 335 Å². The molecule has 0 saturated carbocycles. The van der Waals surface area contributed by atoms with Crippen molar-refractivity contribution in [3.63, 3.8) is 0 Å². The van der Waals surface area contributed by atoms with Crippen LogP contribution < -0.4 is 0 Å². The number of rotatable bonds is 62. The molecular formula is C75H128O6. The fourth-order valence-electron chi connectivity index (χ4n) is 9.63. The molecule has 6 heteroatoms. The highest BCUT2D eigenvalue weighted by molar-refractivity contribution is 5.71. The Morgan fingerprint density at radius 2 is 0.481 bits per heavy atom. The summed E-state index contributed by atoms with van der Waals surface area (Å²) in [7, 11) is 0. The van der Waals surface area contributed by atoms with Crippen molar-refractivity contribution in [1.29, 1.82) is 0 Å². The lowest BCUT2D eigenvalue weighted by atomic mass is 10.0. The van der Waals surface area contributed by atoms with Gasteiger partial charge in [0.1, 0.15) is 13.2 Å². The fourth-order valence-corrected chi connectivity index (χ4v) is 9.63. The van der Waals surface area contributed by atoms with Crippen molar-refractivity contribution in [1.82, 2.24) is 0 Å². The van der Waals surface area contributed by atoms with E-state index in [0.717, 1.165) is 122 Å². The third-order valence-electron chi connectivity index (χ3n) is 14.8. The van der Waals surface area contributed by atoms with Gasteiger partial charge in [-0.25, -0.2) is 0 Å². The molecule has 0 heterocycles. The molecule has 0 saturated heterocycles. The van der Waals surface area contributed by atoms with Gasteiger partial charge in [-0.1, -0.05) is 310 Å². The molecule has 0 aliphatic rings. The van der Waals surface area contributed by atoms with Crippen molar-refractivity contribution in [3.05, 3.63) is 109 Å². The zero-order valence-corrected chi connectivity index (χ0v) is 53.3. The average Bonchev–Trinajstić information content (AvgIpc) is 3.46. The van der Waals surface area contributed by atoms with Gasteiger partial charge in [0.15, 0.2) is 6.10 Å². The first-order chi connectivity index (χ1) is 40.0. The number of hydrogen-bond acceptors (Lipinski definition) is 6. The zero-order chi connectivity index (χ0) is 58.5. The second-order valence-electron chi connectivity index (χ2n) is 22.7. The third kappa shape index (κ3) is 66.8. The van der Waals surface area contributed by atoms with Gasteiger partial charge in [0, 0.05) is 19.3 Å². The average molecular weight is 1130 g/mol. The van der Waals surface area contributed by atoms with Crippen LogP contribution >= 0.6 is 0 Å². The summed E-state index contributed by atoms with van der Waals surface area (Å²) in [5.74, 6) is -0.893. The summed E-state index contributed by atoms with van der Waals surface area (Å²) in [6.45, 7) is 6.50. The predicted molar refractivity (Wildman–Crippen MR) is 353 cm³/mol. The van der Waals surface area contributed by atoms with Crippen LogP contribution in [-0.2, 0) is 28.6 Å². The molecule has 0 spiro atoms. The van der Waals surface area contributed by atoms with Crippen molar-refractivity contribution in [3.8, 4) is 0 Å². The van der Waals surface area contributed by atoms with E-state index in [1.54, 1.807) is 0 Å². The minimum absolute atomic E-state index is 0.0810. The van der Waals surface area contributed by atoms with E-state index in [9.17, 15) is 14.4 Å². The largest absolute Gasteiger partial charge is 0.462 e. The van der Waals surface area contributed by atoms with Gasteiger partial charge in [-0.15, -0.1) is 0 Å². The molecule has 0 aliphatic carbocycles. The van der Waals surface area contributed by atoms with Crippen LogP contribution in [0.25, 0.3) is 0 Å². The van der Waals surface area contributed by atoms with E-state index in [0.29, 0.717) is 19.3 Å². The number of ether oxygens (including phenoxy) is 3. The smallest absolute Gasteiger partial charge is 0.306 e. The Morgan fingerprint density at radius 1 is 0.259 bits per heavy atom.